The Morgan fingerprint density at radius 2 is 1.93 bits per heavy atom. The van der Waals surface area contributed by atoms with E-state index in [4.69, 9.17) is 4.74 Å². The molecule has 0 N–H and O–H groups in total. The highest BCUT2D eigenvalue weighted by atomic mass is 16.5. The second-order valence-electron chi connectivity index (χ2n) is 9.67. The van der Waals surface area contributed by atoms with E-state index in [1.54, 1.807) is 6.08 Å². The van der Waals surface area contributed by atoms with Gasteiger partial charge in [0.15, 0.2) is 11.6 Å². The number of hydrogen-bond acceptors (Lipinski definition) is 4. The number of ether oxygens (including phenoxy) is 1. The SMILES string of the molecule is CC.CC(=O)OCC(=O)C1[C@H](C)CC2C3CCC4=CC(=O)C=CC4(C)C3=CCC21C. The fraction of sp³-hybridized carbons (Fsp3) is 0.654. The van der Waals surface area contributed by atoms with Crippen molar-refractivity contribution in [3.05, 3.63) is 35.5 Å². The Morgan fingerprint density at radius 3 is 2.60 bits per heavy atom. The summed E-state index contributed by atoms with van der Waals surface area (Å²) in [6.07, 6.45) is 11.9. The maximum Gasteiger partial charge on any atom is 0.303 e. The first-order valence-corrected chi connectivity index (χ1v) is 11.5. The van der Waals surface area contributed by atoms with Crippen LogP contribution in [0.5, 0.6) is 0 Å². The molecule has 4 nitrogen and oxygen atoms in total. The summed E-state index contributed by atoms with van der Waals surface area (Å²) in [5, 5.41) is 0. The van der Waals surface area contributed by atoms with Gasteiger partial charge in [-0.25, -0.2) is 0 Å². The van der Waals surface area contributed by atoms with Gasteiger partial charge in [-0.05, 0) is 67.9 Å². The second-order valence-corrected chi connectivity index (χ2v) is 9.67. The van der Waals surface area contributed by atoms with Crippen LogP contribution in [0.25, 0.3) is 0 Å². The first-order valence-electron chi connectivity index (χ1n) is 11.5. The fourth-order valence-electron chi connectivity index (χ4n) is 6.84. The molecule has 4 aliphatic carbocycles. The normalized spacial score (nSPS) is 38.8. The molecule has 0 aromatic carbocycles. The predicted molar refractivity (Wildman–Crippen MR) is 118 cm³/mol. The molecule has 0 aliphatic heterocycles. The summed E-state index contributed by atoms with van der Waals surface area (Å²) >= 11 is 0. The Kier molecular flexibility index (Phi) is 6.27. The van der Waals surface area contributed by atoms with Crippen molar-refractivity contribution in [1.29, 1.82) is 0 Å². The number of carbonyl (C=O) groups is 3. The molecule has 0 amide bonds. The topological polar surface area (TPSA) is 60.4 Å². The summed E-state index contributed by atoms with van der Waals surface area (Å²) in [7, 11) is 0. The van der Waals surface area contributed by atoms with Crippen molar-refractivity contribution in [3.63, 3.8) is 0 Å². The van der Waals surface area contributed by atoms with Gasteiger partial charge in [-0.2, -0.15) is 0 Å². The van der Waals surface area contributed by atoms with E-state index in [0.29, 0.717) is 17.8 Å². The van der Waals surface area contributed by atoms with Gasteiger partial charge >= 0.3 is 5.97 Å². The Hall–Kier alpha value is -1.97. The summed E-state index contributed by atoms with van der Waals surface area (Å²) in [6, 6.07) is 0. The Labute approximate surface area is 180 Å². The molecule has 2 fully saturated rings. The van der Waals surface area contributed by atoms with Crippen LogP contribution < -0.4 is 0 Å². The molecule has 2 saturated carbocycles. The molecular weight excluding hydrogens is 376 g/mol. The highest BCUT2D eigenvalue weighted by Crippen LogP contribution is 2.65. The summed E-state index contributed by atoms with van der Waals surface area (Å²) in [5.74, 6) is 0.894. The van der Waals surface area contributed by atoms with Crippen LogP contribution in [0.1, 0.15) is 67.2 Å². The molecule has 6 atom stereocenters. The van der Waals surface area contributed by atoms with Crippen LogP contribution in [0.3, 0.4) is 0 Å². The summed E-state index contributed by atoms with van der Waals surface area (Å²) in [6.45, 7) is 11.9. The predicted octanol–water partition coefficient (Wildman–Crippen LogP) is 5.24. The third kappa shape index (κ3) is 3.52. The molecule has 4 rings (SSSR count). The van der Waals surface area contributed by atoms with Gasteiger partial charge < -0.3 is 4.74 Å². The highest BCUT2D eigenvalue weighted by Gasteiger charge is 2.59. The molecular formula is C26H36O4. The maximum atomic E-state index is 13.0. The molecule has 0 spiro atoms. The number of fused-ring (bicyclic) bond motifs is 5. The third-order valence-electron chi connectivity index (χ3n) is 8.05. The van der Waals surface area contributed by atoms with Crippen LogP contribution in [0.4, 0.5) is 0 Å². The van der Waals surface area contributed by atoms with Crippen molar-refractivity contribution in [1.82, 2.24) is 0 Å². The minimum Gasteiger partial charge on any atom is -0.458 e. The van der Waals surface area contributed by atoms with E-state index in [1.807, 2.05) is 19.9 Å². The van der Waals surface area contributed by atoms with Crippen molar-refractivity contribution >= 4 is 17.5 Å². The number of esters is 1. The molecule has 30 heavy (non-hydrogen) atoms. The molecule has 164 valence electrons. The van der Waals surface area contributed by atoms with Gasteiger partial charge in [0.1, 0.15) is 6.61 Å². The summed E-state index contributed by atoms with van der Waals surface area (Å²) in [5.41, 5.74) is 2.44. The molecule has 4 aliphatic rings. The minimum atomic E-state index is -0.398. The van der Waals surface area contributed by atoms with Crippen molar-refractivity contribution in [2.75, 3.05) is 6.61 Å². The molecule has 5 unspecified atom stereocenters. The molecule has 0 bridgehead atoms. The van der Waals surface area contributed by atoms with Crippen molar-refractivity contribution in [2.45, 2.75) is 67.2 Å². The Morgan fingerprint density at radius 1 is 1.23 bits per heavy atom. The largest absolute Gasteiger partial charge is 0.458 e. The van der Waals surface area contributed by atoms with E-state index in [2.05, 4.69) is 32.9 Å². The lowest BCUT2D eigenvalue weighted by Gasteiger charge is -2.52. The minimum absolute atomic E-state index is 0.0651. The number of carbonyl (C=O) groups excluding carboxylic acids is 3. The van der Waals surface area contributed by atoms with Crippen LogP contribution in [-0.4, -0.2) is 24.1 Å². The van der Waals surface area contributed by atoms with Crippen LogP contribution >= 0.6 is 0 Å². The summed E-state index contributed by atoms with van der Waals surface area (Å²) in [4.78, 5) is 36.0. The molecule has 0 heterocycles. The maximum absolute atomic E-state index is 13.0. The van der Waals surface area contributed by atoms with Crippen LogP contribution in [0, 0.1) is 34.5 Å². The van der Waals surface area contributed by atoms with Crippen molar-refractivity contribution < 1.29 is 19.1 Å². The average Bonchev–Trinajstić information content (AvgIpc) is 2.98. The molecule has 0 radical (unpaired) electrons. The first kappa shape index (κ1) is 22.7. The average molecular weight is 413 g/mol. The van der Waals surface area contributed by atoms with Gasteiger partial charge in [0, 0.05) is 18.3 Å². The van der Waals surface area contributed by atoms with E-state index in [9.17, 15) is 14.4 Å². The van der Waals surface area contributed by atoms with Gasteiger partial charge in [-0.3, -0.25) is 14.4 Å². The zero-order valence-electron chi connectivity index (χ0n) is 19.3. The van der Waals surface area contributed by atoms with Gasteiger partial charge in [0.25, 0.3) is 0 Å². The lowest BCUT2D eigenvalue weighted by molar-refractivity contribution is -0.148. The smallest absolute Gasteiger partial charge is 0.303 e. The van der Waals surface area contributed by atoms with Crippen LogP contribution in [0.15, 0.2) is 35.5 Å². The Balaban J connectivity index is 0.00000124. The van der Waals surface area contributed by atoms with Gasteiger partial charge in [-0.15, -0.1) is 0 Å². The molecule has 0 saturated heterocycles. The van der Waals surface area contributed by atoms with Crippen molar-refractivity contribution in [3.8, 4) is 0 Å². The fourth-order valence-corrected chi connectivity index (χ4v) is 6.84. The van der Waals surface area contributed by atoms with Gasteiger partial charge in [0.05, 0.1) is 0 Å². The van der Waals surface area contributed by atoms with E-state index in [-0.39, 0.29) is 34.9 Å². The van der Waals surface area contributed by atoms with Crippen molar-refractivity contribution in [2.24, 2.45) is 34.5 Å². The Bertz CT molecular complexity index is 832. The van der Waals surface area contributed by atoms with E-state index >= 15 is 0 Å². The van der Waals surface area contributed by atoms with E-state index in [1.165, 1.54) is 18.1 Å². The number of hydrogen-bond donors (Lipinski definition) is 0. The van der Waals surface area contributed by atoms with E-state index < -0.39 is 5.97 Å². The second kappa shape index (κ2) is 8.28. The number of rotatable bonds is 3. The number of ketones is 2. The molecule has 4 heteroatoms. The summed E-state index contributed by atoms with van der Waals surface area (Å²) < 4.78 is 5.04. The highest BCUT2D eigenvalue weighted by molar-refractivity contribution is 6.01. The quantitative estimate of drug-likeness (QED) is 0.470. The lowest BCUT2D eigenvalue weighted by atomic mass is 9.52. The first-order chi connectivity index (χ1) is 14.2. The monoisotopic (exact) mass is 412 g/mol. The zero-order chi connectivity index (χ0) is 22.3. The number of allylic oxidation sites excluding steroid dienone is 6. The molecule has 0 aromatic heterocycles. The third-order valence-corrected chi connectivity index (χ3v) is 8.05. The van der Waals surface area contributed by atoms with Crippen LogP contribution in [-0.2, 0) is 19.1 Å². The number of Topliss-reactive ketones (excluding diaryl/α,β-unsaturated/α-hetero) is 1. The van der Waals surface area contributed by atoms with Gasteiger partial charge in [0.2, 0.25) is 0 Å². The van der Waals surface area contributed by atoms with E-state index in [0.717, 1.165) is 25.7 Å². The van der Waals surface area contributed by atoms with Crippen LogP contribution in [0.2, 0.25) is 0 Å². The lowest BCUT2D eigenvalue weighted by Crippen LogP contribution is -2.45. The molecule has 0 aromatic rings. The van der Waals surface area contributed by atoms with Gasteiger partial charge in [-0.1, -0.05) is 51.0 Å². The zero-order valence-corrected chi connectivity index (χ0v) is 19.3. The standard InChI is InChI=1S/C24H30O4.C2H6/c1-14-11-20-18-6-5-16-12-17(26)7-9-23(16,3)19(18)8-10-24(20,4)22(14)21(27)13-28-15(2)25;1-2/h7-9,12,14,18,20,22H,5-6,10-11,13H2,1-4H3;1-2H3/t14-,18?,20?,22?,23?,24?;/m1./s1.